The fraction of sp³-hybridized carbons (Fsp3) is 0.364. The zero-order valence-corrected chi connectivity index (χ0v) is 17.2. The highest BCUT2D eigenvalue weighted by Gasteiger charge is 2.23. The van der Waals surface area contributed by atoms with Crippen LogP contribution in [0.3, 0.4) is 0 Å². The van der Waals surface area contributed by atoms with Crippen LogP contribution >= 0.6 is 0 Å². The van der Waals surface area contributed by atoms with Crippen molar-refractivity contribution < 1.29 is 28.7 Å². The molecule has 1 saturated heterocycles. The summed E-state index contributed by atoms with van der Waals surface area (Å²) >= 11 is 0. The number of esters is 2. The van der Waals surface area contributed by atoms with Gasteiger partial charge in [-0.1, -0.05) is 12.1 Å². The number of hydrogen-bond acceptors (Lipinski definition) is 6. The predicted octanol–water partition coefficient (Wildman–Crippen LogP) is 2.58. The Bertz CT molecular complexity index is 990. The topological polar surface area (TPSA) is 106 Å². The molecule has 1 fully saturated rings. The Hall–Kier alpha value is -3.42. The molecule has 8 heteroatoms. The lowest BCUT2D eigenvalue weighted by Gasteiger charge is -2.15. The van der Waals surface area contributed by atoms with Gasteiger partial charge in [-0.05, 0) is 43.5 Å². The molecule has 30 heavy (non-hydrogen) atoms. The largest absolute Gasteiger partial charge is 0.465 e. The number of H-pyrrole nitrogens is 1. The van der Waals surface area contributed by atoms with E-state index in [1.54, 1.807) is 43.0 Å². The molecule has 1 amide bonds. The van der Waals surface area contributed by atoms with E-state index in [0.717, 1.165) is 18.5 Å². The predicted molar refractivity (Wildman–Crippen MR) is 107 cm³/mol. The van der Waals surface area contributed by atoms with E-state index in [9.17, 15) is 19.2 Å². The Balaban J connectivity index is 1.59. The summed E-state index contributed by atoms with van der Waals surface area (Å²) in [5.74, 6) is -1.46. The average Bonchev–Trinajstić information content (AvgIpc) is 3.27. The number of aryl methyl sites for hydroxylation is 1. The van der Waals surface area contributed by atoms with Crippen molar-refractivity contribution in [3.05, 3.63) is 57.9 Å². The van der Waals surface area contributed by atoms with Gasteiger partial charge in [0.05, 0.1) is 23.9 Å². The molecule has 0 unspecified atom stereocenters. The number of carbonyl (C=O) groups excluding carboxylic acids is 4. The number of hydrogen-bond donors (Lipinski definition) is 1. The van der Waals surface area contributed by atoms with Crippen LogP contribution in [0, 0.1) is 13.8 Å². The molecule has 3 rings (SSSR count). The monoisotopic (exact) mass is 412 g/mol. The minimum absolute atomic E-state index is 0.141. The third-order valence-corrected chi connectivity index (χ3v) is 5.17. The number of nitrogens with zero attached hydrogens (tertiary/aromatic N) is 1. The third kappa shape index (κ3) is 4.42. The van der Waals surface area contributed by atoms with Crippen LogP contribution in [-0.2, 0) is 20.8 Å². The van der Waals surface area contributed by atoms with E-state index in [0.29, 0.717) is 35.3 Å². The average molecular weight is 412 g/mol. The number of benzene rings is 1. The van der Waals surface area contributed by atoms with Crippen molar-refractivity contribution in [3.8, 4) is 0 Å². The van der Waals surface area contributed by atoms with Crippen LogP contribution in [0.25, 0.3) is 0 Å². The Kier molecular flexibility index (Phi) is 6.34. The molecule has 0 spiro atoms. The molecular formula is C22H24N2O6. The third-order valence-electron chi connectivity index (χ3n) is 5.17. The lowest BCUT2D eigenvalue weighted by atomic mass is 10.1. The second-order valence-electron chi connectivity index (χ2n) is 7.23. The SMILES string of the molecule is COC(=O)c1c(C)[nH]c(C(=O)COC(=O)c2ccc(CN3CCCC3=O)cc2)c1C. The van der Waals surface area contributed by atoms with E-state index < -0.39 is 24.3 Å². The van der Waals surface area contributed by atoms with Crippen LogP contribution in [-0.4, -0.2) is 53.8 Å². The van der Waals surface area contributed by atoms with Gasteiger partial charge in [0.2, 0.25) is 11.7 Å². The molecule has 1 aromatic heterocycles. The highest BCUT2D eigenvalue weighted by atomic mass is 16.5. The first-order valence-corrected chi connectivity index (χ1v) is 9.66. The maximum atomic E-state index is 12.5. The number of aromatic amines is 1. The number of methoxy groups -OCH3 is 1. The quantitative estimate of drug-likeness (QED) is 0.553. The maximum Gasteiger partial charge on any atom is 0.339 e. The van der Waals surface area contributed by atoms with Gasteiger partial charge in [0.15, 0.2) is 6.61 Å². The first-order chi connectivity index (χ1) is 14.3. The first kappa shape index (κ1) is 21.3. The van der Waals surface area contributed by atoms with Gasteiger partial charge in [-0.3, -0.25) is 9.59 Å². The fourth-order valence-corrected chi connectivity index (χ4v) is 3.56. The zero-order chi connectivity index (χ0) is 21.8. The standard InChI is InChI=1S/C22H24N2O6/c1-13-19(22(28)29-3)14(2)23-20(13)17(25)12-30-21(27)16-8-6-15(7-9-16)11-24-10-4-5-18(24)26/h6-9,23H,4-5,10-12H2,1-3H3. The Morgan fingerprint density at radius 2 is 1.80 bits per heavy atom. The number of likely N-dealkylation sites (tertiary alicyclic amines) is 1. The summed E-state index contributed by atoms with van der Waals surface area (Å²) in [6.07, 6.45) is 1.46. The van der Waals surface area contributed by atoms with Crippen molar-refractivity contribution in [2.45, 2.75) is 33.2 Å². The molecular weight excluding hydrogens is 388 g/mol. The van der Waals surface area contributed by atoms with E-state index in [2.05, 4.69) is 4.98 Å². The van der Waals surface area contributed by atoms with Crippen LogP contribution < -0.4 is 0 Å². The Morgan fingerprint density at radius 1 is 1.10 bits per heavy atom. The van der Waals surface area contributed by atoms with E-state index in [1.807, 2.05) is 0 Å². The number of aromatic nitrogens is 1. The van der Waals surface area contributed by atoms with E-state index in [4.69, 9.17) is 9.47 Å². The van der Waals surface area contributed by atoms with Gasteiger partial charge in [0.1, 0.15) is 0 Å². The van der Waals surface area contributed by atoms with Gasteiger partial charge >= 0.3 is 11.9 Å². The zero-order valence-electron chi connectivity index (χ0n) is 17.2. The molecule has 0 atom stereocenters. The summed E-state index contributed by atoms with van der Waals surface area (Å²) in [6, 6.07) is 6.76. The number of ether oxygens (including phenoxy) is 2. The molecule has 8 nitrogen and oxygen atoms in total. The minimum Gasteiger partial charge on any atom is -0.465 e. The molecule has 1 aromatic carbocycles. The Labute approximate surface area is 174 Å². The van der Waals surface area contributed by atoms with Crippen molar-refractivity contribution in [2.75, 3.05) is 20.3 Å². The van der Waals surface area contributed by atoms with Crippen LogP contribution in [0.2, 0.25) is 0 Å². The lowest BCUT2D eigenvalue weighted by Crippen LogP contribution is -2.23. The van der Waals surface area contributed by atoms with Crippen LogP contribution in [0.4, 0.5) is 0 Å². The summed E-state index contributed by atoms with van der Waals surface area (Å²) in [4.78, 5) is 52.9. The number of carbonyl (C=O) groups is 4. The highest BCUT2D eigenvalue weighted by Crippen LogP contribution is 2.20. The van der Waals surface area contributed by atoms with Gasteiger partial charge in [-0.2, -0.15) is 0 Å². The number of amides is 1. The molecule has 2 aromatic rings. The maximum absolute atomic E-state index is 12.5. The lowest BCUT2D eigenvalue weighted by molar-refractivity contribution is -0.128. The van der Waals surface area contributed by atoms with Crippen LogP contribution in [0.1, 0.15) is 60.9 Å². The molecule has 0 saturated carbocycles. The minimum atomic E-state index is -0.624. The van der Waals surface area contributed by atoms with Gasteiger partial charge in [0.25, 0.3) is 0 Å². The number of ketones is 1. The first-order valence-electron chi connectivity index (χ1n) is 9.66. The van der Waals surface area contributed by atoms with Gasteiger partial charge in [-0.15, -0.1) is 0 Å². The van der Waals surface area contributed by atoms with E-state index in [1.165, 1.54) is 7.11 Å². The molecule has 1 aliphatic rings. The smallest absolute Gasteiger partial charge is 0.339 e. The van der Waals surface area contributed by atoms with Crippen molar-refractivity contribution >= 4 is 23.6 Å². The number of Topliss-reactive ketones (excluding diaryl/α,β-unsaturated/α-hetero) is 1. The molecule has 158 valence electrons. The molecule has 2 heterocycles. The van der Waals surface area contributed by atoms with Gasteiger partial charge in [-0.25, -0.2) is 9.59 Å². The normalized spacial score (nSPS) is 13.4. The summed E-state index contributed by atoms with van der Waals surface area (Å²) in [5.41, 5.74) is 2.73. The van der Waals surface area contributed by atoms with Crippen molar-refractivity contribution in [1.82, 2.24) is 9.88 Å². The second kappa shape index (κ2) is 8.94. The summed E-state index contributed by atoms with van der Waals surface area (Å²) in [7, 11) is 1.27. The molecule has 0 radical (unpaired) electrons. The highest BCUT2D eigenvalue weighted by molar-refractivity contribution is 6.03. The Morgan fingerprint density at radius 3 is 2.40 bits per heavy atom. The van der Waals surface area contributed by atoms with Crippen molar-refractivity contribution in [1.29, 1.82) is 0 Å². The summed E-state index contributed by atoms with van der Waals surface area (Å²) < 4.78 is 9.86. The number of rotatable bonds is 7. The van der Waals surface area contributed by atoms with Crippen molar-refractivity contribution in [3.63, 3.8) is 0 Å². The molecule has 0 aliphatic carbocycles. The number of nitrogens with one attached hydrogen (secondary N) is 1. The summed E-state index contributed by atoms with van der Waals surface area (Å²) in [5, 5.41) is 0. The van der Waals surface area contributed by atoms with Crippen molar-refractivity contribution in [2.24, 2.45) is 0 Å². The van der Waals surface area contributed by atoms with Crippen LogP contribution in [0.5, 0.6) is 0 Å². The van der Waals surface area contributed by atoms with Crippen LogP contribution in [0.15, 0.2) is 24.3 Å². The second-order valence-corrected chi connectivity index (χ2v) is 7.23. The molecule has 0 bridgehead atoms. The molecule has 1 N–H and O–H groups in total. The van der Waals surface area contributed by atoms with Gasteiger partial charge in [0, 0.05) is 25.2 Å². The van der Waals surface area contributed by atoms with Gasteiger partial charge < -0.3 is 19.4 Å². The van der Waals surface area contributed by atoms with E-state index in [-0.39, 0.29) is 11.6 Å². The van der Waals surface area contributed by atoms with E-state index >= 15 is 0 Å². The molecule has 1 aliphatic heterocycles. The summed E-state index contributed by atoms with van der Waals surface area (Å²) in [6.45, 7) is 4.11. The fourth-order valence-electron chi connectivity index (χ4n) is 3.56.